The molecule has 12 heteroatoms. The highest BCUT2D eigenvalue weighted by molar-refractivity contribution is 7.89. The van der Waals surface area contributed by atoms with Crippen molar-refractivity contribution in [2.45, 2.75) is 31.1 Å². The van der Waals surface area contributed by atoms with Gasteiger partial charge in [-0.2, -0.15) is 22.6 Å². The van der Waals surface area contributed by atoms with Crippen molar-refractivity contribution in [3.63, 3.8) is 0 Å². The van der Waals surface area contributed by atoms with Gasteiger partial charge in [0.05, 0.1) is 16.2 Å². The molecule has 0 aromatic heterocycles. The second-order valence-corrected chi connectivity index (χ2v) is 11.6. The fourth-order valence-corrected chi connectivity index (χ4v) is 5.47. The van der Waals surface area contributed by atoms with Crippen molar-refractivity contribution in [3.8, 4) is 0 Å². The lowest BCUT2D eigenvalue weighted by atomic mass is 10.1. The van der Waals surface area contributed by atoms with E-state index in [1.807, 2.05) is 0 Å². The number of sulfonamides is 1. The number of nitrogens with one attached hydrogen (secondary N) is 1. The van der Waals surface area contributed by atoms with Crippen molar-refractivity contribution >= 4 is 33.2 Å². The van der Waals surface area contributed by atoms with E-state index in [4.69, 9.17) is 11.6 Å². The van der Waals surface area contributed by atoms with E-state index in [0.29, 0.717) is 16.1 Å². The lowest BCUT2D eigenvalue weighted by molar-refractivity contribution is -0.137. The summed E-state index contributed by atoms with van der Waals surface area (Å²) in [5.41, 5.74) is 3.20. The largest absolute Gasteiger partial charge is 0.416 e. The maximum Gasteiger partial charge on any atom is 0.416 e. The van der Waals surface area contributed by atoms with Gasteiger partial charge in [0, 0.05) is 23.7 Å². The maximum absolute atomic E-state index is 13.5. The number of rotatable bonds is 9. The Balaban J connectivity index is 1.51. The molecule has 0 saturated carbocycles. The van der Waals surface area contributed by atoms with Gasteiger partial charge in [-0.05, 0) is 84.3 Å². The minimum absolute atomic E-state index is 0.0269. The van der Waals surface area contributed by atoms with E-state index in [1.54, 1.807) is 12.1 Å². The minimum atomic E-state index is -4.51. The van der Waals surface area contributed by atoms with E-state index < -0.39 is 33.5 Å². The lowest BCUT2D eigenvalue weighted by Gasteiger charge is -2.23. The van der Waals surface area contributed by atoms with Crippen LogP contribution in [0.1, 0.15) is 39.5 Å². The first-order valence-corrected chi connectivity index (χ1v) is 14.3. The van der Waals surface area contributed by atoms with Crippen molar-refractivity contribution in [3.05, 3.63) is 136 Å². The molecule has 0 aliphatic carbocycles. The molecule has 0 unspecified atom stereocenters. The Morgan fingerprint density at radius 3 is 2.00 bits per heavy atom. The maximum atomic E-state index is 13.5. The molecule has 0 spiro atoms. The highest BCUT2D eigenvalue weighted by Crippen LogP contribution is 2.29. The van der Waals surface area contributed by atoms with Crippen molar-refractivity contribution in [1.29, 1.82) is 0 Å². The van der Waals surface area contributed by atoms with Gasteiger partial charge in [-0.3, -0.25) is 4.79 Å². The molecule has 1 amide bonds. The lowest BCUT2D eigenvalue weighted by Crippen LogP contribution is -2.30. The van der Waals surface area contributed by atoms with Crippen LogP contribution in [0.15, 0.2) is 107 Å². The number of halogens is 5. The Morgan fingerprint density at radius 1 is 0.857 bits per heavy atom. The number of nitrogens with zero attached hydrogens (tertiary/aromatic N) is 2. The molecule has 0 saturated heterocycles. The molecular weight excluding hydrogens is 594 g/mol. The number of hydrazone groups is 1. The first-order chi connectivity index (χ1) is 19.8. The summed E-state index contributed by atoms with van der Waals surface area (Å²) in [5.74, 6) is -1.06. The molecule has 4 rings (SSSR count). The van der Waals surface area contributed by atoms with Crippen LogP contribution in [0.4, 0.5) is 17.6 Å². The van der Waals surface area contributed by atoms with Gasteiger partial charge in [0.1, 0.15) is 5.82 Å². The van der Waals surface area contributed by atoms with Crippen molar-refractivity contribution in [2.75, 3.05) is 0 Å². The highest BCUT2D eigenvalue weighted by atomic mass is 35.5. The standard InChI is InChI=1S/C30H24ClF4N3O3S/c1-20(24-3-2-4-25(17-24)30(33,34)35)36-37-29(39)23-9-5-21(6-10-23)18-38(19-22-7-13-27(32)14-8-22)42(40,41)28-15-11-26(31)12-16-28/h2-17H,18-19H2,1H3,(H,37,39)/b36-20+. The third-order valence-electron chi connectivity index (χ3n) is 6.23. The SMILES string of the molecule is C/C(=N\NC(=O)c1ccc(CN(Cc2ccc(F)cc2)S(=O)(=O)c2ccc(Cl)cc2)cc1)c1cccc(C(F)(F)F)c1. The monoisotopic (exact) mass is 617 g/mol. The molecule has 0 radical (unpaired) electrons. The highest BCUT2D eigenvalue weighted by Gasteiger charge is 2.30. The number of amides is 1. The predicted octanol–water partition coefficient (Wildman–Crippen LogP) is 7.04. The van der Waals surface area contributed by atoms with E-state index in [-0.39, 0.29) is 34.8 Å². The number of hydrogen-bond donors (Lipinski definition) is 1. The smallest absolute Gasteiger partial charge is 0.267 e. The number of carbonyl (C=O) groups is 1. The van der Waals surface area contributed by atoms with Gasteiger partial charge in [-0.15, -0.1) is 0 Å². The average molecular weight is 618 g/mol. The zero-order valence-electron chi connectivity index (χ0n) is 22.1. The van der Waals surface area contributed by atoms with Crippen LogP contribution in [0.5, 0.6) is 0 Å². The van der Waals surface area contributed by atoms with Gasteiger partial charge >= 0.3 is 6.18 Å². The van der Waals surface area contributed by atoms with Gasteiger partial charge in [0.2, 0.25) is 10.0 Å². The van der Waals surface area contributed by atoms with Crippen LogP contribution in [0.3, 0.4) is 0 Å². The van der Waals surface area contributed by atoms with Crippen LogP contribution in [-0.2, 0) is 29.3 Å². The Morgan fingerprint density at radius 2 is 1.43 bits per heavy atom. The number of alkyl halides is 3. The first kappa shape index (κ1) is 30.9. The van der Waals surface area contributed by atoms with Crippen LogP contribution in [0.25, 0.3) is 0 Å². The molecule has 218 valence electrons. The molecule has 42 heavy (non-hydrogen) atoms. The number of hydrogen-bond acceptors (Lipinski definition) is 4. The molecule has 0 aliphatic rings. The second-order valence-electron chi connectivity index (χ2n) is 9.27. The zero-order valence-corrected chi connectivity index (χ0v) is 23.6. The summed E-state index contributed by atoms with van der Waals surface area (Å²) in [6, 6.07) is 21.9. The number of carbonyl (C=O) groups excluding carboxylic acids is 1. The molecule has 0 atom stereocenters. The summed E-state index contributed by atoms with van der Waals surface area (Å²) < 4.78 is 80.7. The summed E-state index contributed by atoms with van der Waals surface area (Å²) >= 11 is 5.92. The van der Waals surface area contributed by atoms with E-state index in [9.17, 15) is 30.8 Å². The number of benzene rings is 4. The van der Waals surface area contributed by atoms with Crippen LogP contribution in [0, 0.1) is 5.82 Å². The van der Waals surface area contributed by atoms with Crippen LogP contribution in [-0.4, -0.2) is 24.3 Å². The Bertz CT molecular complexity index is 1690. The predicted molar refractivity (Wildman–Crippen MR) is 152 cm³/mol. The normalized spacial score (nSPS) is 12.4. The summed E-state index contributed by atoms with van der Waals surface area (Å²) in [6.45, 7) is 1.36. The average Bonchev–Trinajstić information content (AvgIpc) is 2.96. The molecular formula is C30H24ClF4N3O3S. The molecule has 4 aromatic rings. The molecule has 1 N–H and O–H groups in total. The van der Waals surface area contributed by atoms with Gasteiger partial charge in [0.15, 0.2) is 0 Å². The van der Waals surface area contributed by atoms with E-state index in [0.717, 1.165) is 12.1 Å². The fraction of sp³-hybridized carbons (Fsp3) is 0.133. The second kappa shape index (κ2) is 12.8. The molecule has 6 nitrogen and oxygen atoms in total. The Hall–Kier alpha value is -4.06. The summed E-state index contributed by atoms with van der Waals surface area (Å²) in [4.78, 5) is 12.7. The Kier molecular flexibility index (Phi) is 9.45. The van der Waals surface area contributed by atoms with Crippen molar-refractivity contribution in [1.82, 2.24) is 9.73 Å². The van der Waals surface area contributed by atoms with Gasteiger partial charge in [0.25, 0.3) is 5.91 Å². The molecule has 0 heterocycles. The summed E-state index contributed by atoms with van der Waals surface area (Å²) in [5, 5.41) is 4.29. The first-order valence-electron chi connectivity index (χ1n) is 12.4. The summed E-state index contributed by atoms with van der Waals surface area (Å²) in [6.07, 6.45) is -4.51. The van der Waals surface area contributed by atoms with Crippen LogP contribution >= 0.6 is 11.6 Å². The minimum Gasteiger partial charge on any atom is -0.267 e. The van der Waals surface area contributed by atoms with Gasteiger partial charge < -0.3 is 0 Å². The van der Waals surface area contributed by atoms with Crippen LogP contribution < -0.4 is 5.43 Å². The molecule has 0 aliphatic heterocycles. The third kappa shape index (κ3) is 7.81. The van der Waals surface area contributed by atoms with Crippen molar-refractivity contribution < 1.29 is 30.8 Å². The molecule has 0 fully saturated rings. The molecule has 0 bridgehead atoms. The van der Waals surface area contributed by atoms with E-state index in [2.05, 4.69) is 10.5 Å². The van der Waals surface area contributed by atoms with Crippen LogP contribution in [0.2, 0.25) is 5.02 Å². The quantitative estimate of drug-likeness (QED) is 0.124. The third-order valence-corrected chi connectivity index (χ3v) is 8.29. The van der Waals surface area contributed by atoms with Crippen molar-refractivity contribution in [2.24, 2.45) is 5.10 Å². The Labute approximate surface area is 245 Å². The van der Waals surface area contributed by atoms with Gasteiger partial charge in [-0.25, -0.2) is 18.2 Å². The van der Waals surface area contributed by atoms with Gasteiger partial charge in [-0.1, -0.05) is 48.0 Å². The summed E-state index contributed by atoms with van der Waals surface area (Å²) in [7, 11) is -3.99. The van der Waals surface area contributed by atoms with E-state index in [1.165, 1.54) is 84.0 Å². The van der Waals surface area contributed by atoms with E-state index >= 15 is 0 Å². The zero-order chi connectivity index (χ0) is 30.5. The topological polar surface area (TPSA) is 78.8 Å². The molecule has 4 aromatic carbocycles. The fourth-order valence-electron chi connectivity index (χ4n) is 3.92.